The zero-order chi connectivity index (χ0) is 9.03. The van der Waals surface area contributed by atoms with Crippen LogP contribution in [0.5, 0.6) is 0 Å². The molecule has 0 N–H and O–H groups in total. The van der Waals surface area contributed by atoms with Crippen molar-refractivity contribution in [3.63, 3.8) is 0 Å². The van der Waals surface area contributed by atoms with Crippen molar-refractivity contribution in [1.82, 2.24) is 4.90 Å². The Morgan fingerprint density at radius 1 is 1.23 bits per heavy atom. The van der Waals surface area contributed by atoms with Crippen LogP contribution in [-0.4, -0.2) is 35.8 Å². The van der Waals surface area contributed by atoms with E-state index in [0.29, 0.717) is 13.1 Å². The third-order valence-corrected chi connectivity index (χ3v) is 2.76. The van der Waals surface area contributed by atoms with Crippen LogP contribution >= 0.6 is 32.9 Å². The Hall–Kier alpha value is 0.780. The molecule has 1 fully saturated rings. The van der Waals surface area contributed by atoms with Crippen LogP contribution in [0.3, 0.4) is 0 Å². The Bertz CT molecular complexity index is 134. The van der Waals surface area contributed by atoms with Gasteiger partial charge in [-0.1, -0.05) is 15.9 Å². The molecule has 0 aromatic carbocycles. The van der Waals surface area contributed by atoms with E-state index in [1.54, 1.807) is 0 Å². The number of hydrogen-bond acceptors (Lipinski definition) is 1. The molecule has 5 heteroatoms. The van der Waals surface area contributed by atoms with Gasteiger partial charge in [0.15, 0.2) is 0 Å². The summed E-state index contributed by atoms with van der Waals surface area (Å²) >= 11 is 3.32. The third kappa shape index (κ3) is 5.27. The van der Waals surface area contributed by atoms with Crippen molar-refractivity contribution in [2.24, 2.45) is 0 Å². The minimum Gasteiger partial charge on any atom is -0.303 e. The smallest absolute Gasteiger partial charge is 0.250 e. The summed E-state index contributed by atoms with van der Waals surface area (Å²) in [7, 11) is 0. The molecule has 0 aliphatic carbocycles. The van der Waals surface area contributed by atoms with Gasteiger partial charge in [-0.15, -0.1) is 17.0 Å². The first-order valence-corrected chi connectivity index (χ1v) is 5.42. The Kier molecular flexibility index (Phi) is 6.68. The predicted octanol–water partition coefficient (Wildman–Crippen LogP) is 3.08. The lowest BCUT2D eigenvalue weighted by Gasteiger charge is -2.31. The van der Waals surface area contributed by atoms with E-state index in [0.717, 1.165) is 18.3 Å². The fourth-order valence-electron chi connectivity index (χ4n) is 1.39. The molecule has 1 saturated heterocycles. The van der Waals surface area contributed by atoms with Crippen LogP contribution in [0, 0.1) is 0 Å². The molecule has 80 valence electrons. The van der Waals surface area contributed by atoms with Crippen molar-refractivity contribution in [3.05, 3.63) is 0 Å². The Morgan fingerprint density at radius 2 is 1.77 bits per heavy atom. The van der Waals surface area contributed by atoms with E-state index < -0.39 is 5.92 Å². The second-order valence-corrected chi connectivity index (χ2v) is 4.03. The van der Waals surface area contributed by atoms with Crippen LogP contribution in [0.25, 0.3) is 0 Å². The van der Waals surface area contributed by atoms with Gasteiger partial charge in [0.1, 0.15) is 0 Å². The molecule has 1 rings (SSSR count). The van der Waals surface area contributed by atoms with Gasteiger partial charge in [0.05, 0.1) is 0 Å². The third-order valence-electron chi connectivity index (χ3n) is 2.20. The summed E-state index contributed by atoms with van der Waals surface area (Å²) in [4.78, 5) is 2.11. The molecule has 1 aliphatic rings. The topological polar surface area (TPSA) is 3.24 Å². The van der Waals surface area contributed by atoms with E-state index in [2.05, 4.69) is 20.8 Å². The summed E-state index contributed by atoms with van der Waals surface area (Å²) in [5.74, 6) is -2.40. The van der Waals surface area contributed by atoms with Crippen LogP contribution < -0.4 is 0 Å². The summed E-state index contributed by atoms with van der Waals surface area (Å²) in [6.45, 7) is 2.06. The van der Waals surface area contributed by atoms with Crippen LogP contribution in [-0.2, 0) is 0 Å². The molecule has 1 nitrogen and oxygen atoms in total. The summed E-state index contributed by atoms with van der Waals surface area (Å²) in [5.41, 5.74) is 0. The highest BCUT2D eigenvalue weighted by Gasteiger charge is 2.33. The molecule has 0 unspecified atom stereocenters. The standard InChI is InChI=1S/C8H14BrF2N.BrH/c9-4-1-5-12-6-2-8(10,11)3-7-12;/h1-7H2;1H. The normalized spacial score (nSPS) is 22.4. The van der Waals surface area contributed by atoms with Crippen molar-refractivity contribution < 1.29 is 8.78 Å². The average molecular weight is 323 g/mol. The van der Waals surface area contributed by atoms with Gasteiger partial charge >= 0.3 is 0 Å². The molecule has 13 heavy (non-hydrogen) atoms. The maximum atomic E-state index is 12.7. The molecule has 0 aromatic rings. The van der Waals surface area contributed by atoms with Crippen molar-refractivity contribution in [2.75, 3.05) is 25.0 Å². The van der Waals surface area contributed by atoms with E-state index >= 15 is 0 Å². The largest absolute Gasteiger partial charge is 0.303 e. The van der Waals surface area contributed by atoms with Crippen molar-refractivity contribution in [1.29, 1.82) is 0 Å². The molecular weight excluding hydrogens is 308 g/mol. The zero-order valence-corrected chi connectivity index (χ0v) is 10.7. The molecule has 0 aromatic heterocycles. The lowest BCUT2D eigenvalue weighted by Crippen LogP contribution is -2.39. The monoisotopic (exact) mass is 321 g/mol. The number of piperidine rings is 1. The van der Waals surface area contributed by atoms with Crippen LogP contribution in [0.1, 0.15) is 19.3 Å². The SMILES string of the molecule is Br.FC1(F)CCN(CCCBr)CC1. The Balaban J connectivity index is 0.00000144. The van der Waals surface area contributed by atoms with Crippen molar-refractivity contribution in [2.45, 2.75) is 25.2 Å². The zero-order valence-electron chi connectivity index (χ0n) is 7.44. The van der Waals surface area contributed by atoms with Crippen molar-refractivity contribution in [3.8, 4) is 0 Å². The minimum atomic E-state index is -2.40. The molecule has 0 spiro atoms. The molecule has 0 saturated carbocycles. The summed E-state index contributed by atoms with van der Waals surface area (Å²) in [6.07, 6.45) is 1.12. The van der Waals surface area contributed by atoms with Gasteiger partial charge in [-0.3, -0.25) is 0 Å². The first-order valence-electron chi connectivity index (χ1n) is 4.30. The van der Waals surface area contributed by atoms with E-state index in [9.17, 15) is 8.78 Å². The first kappa shape index (κ1) is 13.8. The van der Waals surface area contributed by atoms with Gasteiger partial charge in [-0.05, 0) is 13.0 Å². The summed E-state index contributed by atoms with van der Waals surface area (Å²) < 4.78 is 25.3. The van der Waals surface area contributed by atoms with Gasteiger partial charge in [0.2, 0.25) is 0 Å². The summed E-state index contributed by atoms with van der Waals surface area (Å²) in [5, 5.41) is 0.958. The highest BCUT2D eigenvalue weighted by atomic mass is 79.9. The number of likely N-dealkylation sites (tertiary alicyclic amines) is 1. The number of nitrogens with zero attached hydrogens (tertiary/aromatic N) is 1. The second-order valence-electron chi connectivity index (χ2n) is 3.24. The van der Waals surface area contributed by atoms with Gasteiger partial charge < -0.3 is 4.90 Å². The fraction of sp³-hybridized carbons (Fsp3) is 1.00. The highest BCUT2D eigenvalue weighted by Crippen LogP contribution is 2.27. The van der Waals surface area contributed by atoms with E-state index in [-0.39, 0.29) is 29.8 Å². The lowest BCUT2D eigenvalue weighted by atomic mass is 10.1. The van der Waals surface area contributed by atoms with Gasteiger partial charge in [-0.25, -0.2) is 8.78 Å². The summed E-state index contributed by atoms with van der Waals surface area (Å²) in [6, 6.07) is 0. The van der Waals surface area contributed by atoms with Gasteiger partial charge in [0, 0.05) is 31.3 Å². The van der Waals surface area contributed by atoms with E-state index in [1.807, 2.05) is 0 Å². The fourth-order valence-corrected chi connectivity index (χ4v) is 1.64. The molecule has 0 bridgehead atoms. The molecule has 1 heterocycles. The van der Waals surface area contributed by atoms with Crippen LogP contribution in [0.2, 0.25) is 0 Å². The lowest BCUT2D eigenvalue weighted by molar-refractivity contribution is -0.0549. The van der Waals surface area contributed by atoms with E-state index in [1.165, 1.54) is 0 Å². The molecule has 0 amide bonds. The molecular formula is C8H15Br2F2N. The molecule has 0 atom stereocenters. The Morgan fingerprint density at radius 3 is 2.23 bits per heavy atom. The van der Waals surface area contributed by atoms with Crippen molar-refractivity contribution >= 4 is 32.9 Å². The van der Waals surface area contributed by atoms with Gasteiger partial charge in [-0.2, -0.15) is 0 Å². The highest BCUT2D eigenvalue weighted by molar-refractivity contribution is 9.09. The minimum absolute atomic E-state index is 0. The molecule has 0 radical (unpaired) electrons. The van der Waals surface area contributed by atoms with Gasteiger partial charge in [0.25, 0.3) is 5.92 Å². The predicted molar refractivity (Wildman–Crippen MR) is 59.4 cm³/mol. The number of hydrogen-bond donors (Lipinski definition) is 0. The molecule has 1 aliphatic heterocycles. The first-order chi connectivity index (χ1) is 5.64. The number of halogens is 4. The quantitative estimate of drug-likeness (QED) is 0.722. The maximum Gasteiger partial charge on any atom is 0.250 e. The Labute approximate surface area is 96.8 Å². The second kappa shape index (κ2) is 6.30. The number of alkyl halides is 3. The maximum absolute atomic E-state index is 12.7. The van der Waals surface area contributed by atoms with E-state index in [4.69, 9.17) is 0 Å². The number of rotatable bonds is 3. The van der Waals surface area contributed by atoms with Crippen LogP contribution in [0.4, 0.5) is 8.78 Å². The van der Waals surface area contributed by atoms with Crippen LogP contribution in [0.15, 0.2) is 0 Å². The average Bonchev–Trinajstić information content (AvgIpc) is 2.03.